The first-order valence-corrected chi connectivity index (χ1v) is 9.47. The van der Waals surface area contributed by atoms with Gasteiger partial charge in [0.2, 0.25) is 5.54 Å². The summed E-state index contributed by atoms with van der Waals surface area (Å²) in [5.74, 6) is -1.78. The summed E-state index contributed by atoms with van der Waals surface area (Å²) in [5.41, 5.74) is -3.34. The monoisotopic (exact) mass is 421 g/mol. The zero-order chi connectivity index (χ0) is 21.6. The van der Waals surface area contributed by atoms with E-state index < -0.39 is 41.7 Å². The van der Waals surface area contributed by atoms with Crippen molar-refractivity contribution in [1.29, 1.82) is 0 Å². The molecule has 2 fully saturated rings. The van der Waals surface area contributed by atoms with Gasteiger partial charge in [-0.1, -0.05) is 42.5 Å². The summed E-state index contributed by atoms with van der Waals surface area (Å²) in [5, 5.41) is 4.93. The molecule has 0 spiro atoms. The van der Waals surface area contributed by atoms with E-state index in [1.54, 1.807) is 12.1 Å². The quantitative estimate of drug-likeness (QED) is 0.571. The van der Waals surface area contributed by atoms with Gasteiger partial charge in [0.05, 0.1) is 6.67 Å². The number of imide groups is 1. The molecule has 1 saturated heterocycles. The van der Waals surface area contributed by atoms with Gasteiger partial charge in [-0.2, -0.15) is 13.2 Å². The van der Waals surface area contributed by atoms with E-state index in [9.17, 15) is 27.2 Å². The first kappa shape index (κ1) is 20.3. The van der Waals surface area contributed by atoms with Gasteiger partial charge in [0.15, 0.2) is 0 Å². The van der Waals surface area contributed by atoms with Crippen LogP contribution in [0.1, 0.15) is 30.4 Å². The highest BCUT2D eigenvalue weighted by atomic mass is 19.4. The van der Waals surface area contributed by atoms with Crippen LogP contribution in [0.2, 0.25) is 0 Å². The molecule has 2 aliphatic rings. The zero-order valence-corrected chi connectivity index (χ0v) is 15.8. The number of hydrogen-bond donors (Lipinski definition) is 2. The van der Waals surface area contributed by atoms with Crippen LogP contribution >= 0.6 is 0 Å². The van der Waals surface area contributed by atoms with Crippen molar-refractivity contribution in [3.05, 3.63) is 71.5 Å². The number of carbonyl (C=O) groups excluding carboxylic acids is 2. The second-order valence-corrected chi connectivity index (χ2v) is 7.55. The standard InChI is InChI=1S/C21H19F4N3O2/c22-16-9-7-14(8-10-16)19(11-4-12-19)26-13-28-17(29)20(21(23,24)25,27-18(28)30)15-5-2-1-3-6-15/h1-3,5-10,26H,4,11-13H2,(H,27,30). The molecule has 0 aromatic heterocycles. The Morgan fingerprint density at radius 3 is 2.13 bits per heavy atom. The van der Waals surface area contributed by atoms with Gasteiger partial charge in [-0.15, -0.1) is 0 Å². The molecular weight excluding hydrogens is 402 g/mol. The number of nitrogens with one attached hydrogen (secondary N) is 2. The highest BCUT2D eigenvalue weighted by Crippen LogP contribution is 2.44. The van der Waals surface area contributed by atoms with E-state index >= 15 is 0 Å². The maximum atomic E-state index is 14.0. The molecule has 2 N–H and O–H groups in total. The number of alkyl halides is 3. The molecule has 1 unspecified atom stereocenters. The smallest absolute Gasteiger partial charge is 0.312 e. The van der Waals surface area contributed by atoms with Crippen LogP contribution in [0.4, 0.5) is 22.4 Å². The molecule has 4 rings (SSSR count). The van der Waals surface area contributed by atoms with E-state index in [-0.39, 0.29) is 5.56 Å². The normalized spacial score (nSPS) is 23.3. The van der Waals surface area contributed by atoms with E-state index in [2.05, 4.69) is 5.32 Å². The SMILES string of the molecule is O=C1NC(c2ccccc2)(C(F)(F)F)C(=O)N1CNC1(c2ccc(F)cc2)CCC1. The Morgan fingerprint density at radius 1 is 0.967 bits per heavy atom. The van der Waals surface area contributed by atoms with Crippen LogP contribution in [0.3, 0.4) is 0 Å². The van der Waals surface area contributed by atoms with Gasteiger partial charge in [0, 0.05) is 5.54 Å². The Kier molecular flexibility index (Phi) is 4.80. The van der Waals surface area contributed by atoms with Crippen LogP contribution in [0, 0.1) is 5.82 Å². The number of hydrogen-bond acceptors (Lipinski definition) is 3. The molecule has 1 heterocycles. The molecule has 1 aliphatic heterocycles. The predicted octanol–water partition coefficient (Wildman–Crippen LogP) is 3.76. The van der Waals surface area contributed by atoms with E-state index in [1.165, 1.54) is 30.3 Å². The van der Waals surface area contributed by atoms with Gasteiger partial charge in [-0.3, -0.25) is 10.1 Å². The maximum Gasteiger partial charge on any atom is 0.425 e. The molecule has 5 nitrogen and oxygen atoms in total. The lowest BCUT2D eigenvalue weighted by molar-refractivity contribution is -0.198. The summed E-state index contributed by atoms with van der Waals surface area (Å²) in [6, 6.07) is 11.3. The van der Waals surface area contributed by atoms with Gasteiger partial charge < -0.3 is 5.32 Å². The number of halogens is 4. The molecule has 9 heteroatoms. The van der Waals surface area contributed by atoms with Gasteiger partial charge in [-0.25, -0.2) is 14.1 Å². The molecule has 158 valence electrons. The van der Waals surface area contributed by atoms with E-state index in [0.717, 1.165) is 24.1 Å². The molecule has 0 bridgehead atoms. The zero-order valence-electron chi connectivity index (χ0n) is 15.8. The number of amides is 3. The van der Waals surface area contributed by atoms with Crippen molar-refractivity contribution in [2.24, 2.45) is 0 Å². The highest BCUT2D eigenvalue weighted by Gasteiger charge is 2.68. The van der Waals surface area contributed by atoms with Gasteiger partial charge in [0.1, 0.15) is 5.82 Å². The van der Waals surface area contributed by atoms with Crippen molar-refractivity contribution >= 4 is 11.9 Å². The third kappa shape index (κ3) is 3.04. The summed E-state index contributed by atoms with van der Waals surface area (Å²) < 4.78 is 55.4. The first-order chi connectivity index (χ1) is 14.2. The molecule has 2 aromatic carbocycles. The largest absolute Gasteiger partial charge is 0.425 e. The molecule has 0 radical (unpaired) electrons. The van der Waals surface area contributed by atoms with Crippen molar-refractivity contribution in [2.75, 3.05) is 6.67 Å². The lowest BCUT2D eigenvalue weighted by Crippen LogP contribution is -2.57. The Hall–Kier alpha value is -2.94. The number of rotatable bonds is 5. The molecule has 1 saturated carbocycles. The van der Waals surface area contributed by atoms with Crippen molar-refractivity contribution < 1.29 is 27.2 Å². The Morgan fingerprint density at radius 2 is 1.60 bits per heavy atom. The molecule has 1 aliphatic carbocycles. The van der Waals surface area contributed by atoms with E-state index in [4.69, 9.17) is 0 Å². The predicted molar refractivity (Wildman–Crippen MR) is 99.5 cm³/mol. The lowest BCUT2D eigenvalue weighted by atomic mass is 9.72. The van der Waals surface area contributed by atoms with Crippen LogP contribution < -0.4 is 10.6 Å². The average Bonchev–Trinajstić information content (AvgIpc) is 2.94. The summed E-state index contributed by atoms with van der Waals surface area (Å²) in [6.07, 6.45) is -2.85. The van der Waals surface area contributed by atoms with E-state index in [1.807, 2.05) is 5.32 Å². The highest BCUT2D eigenvalue weighted by molar-refractivity contribution is 6.08. The average molecular weight is 421 g/mol. The van der Waals surface area contributed by atoms with Crippen LogP contribution in [0.25, 0.3) is 0 Å². The van der Waals surface area contributed by atoms with Crippen molar-refractivity contribution in [1.82, 2.24) is 15.5 Å². The van der Waals surface area contributed by atoms with Crippen LogP contribution in [0.5, 0.6) is 0 Å². The fourth-order valence-electron chi connectivity index (χ4n) is 4.06. The third-order valence-corrected chi connectivity index (χ3v) is 5.92. The van der Waals surface area contributed by atoms with Crippen molar-refractivity contribution in [3.63, 3.8) is 0 Å². The van der Waals surface area contributed by atoms with Crippen molar-refractivity contribution in [3.8, 4) is 0 Å². The summed E-state index contributed by atoms with van der Waals surface area (Å²) in [4.78, 5) is 25.9. The number of urea groups is 1. The minimum absolute atomic E-state index is 0.352. The molecule has 30 heavy (non-hydrogen) atoms. The van der Waals surface area contributed by atoms with Gasteiger partial charge in [0.25, 0.3) is 5.91 Å². The fourth-order valence-corrected chi connectivity index (χ4v) is 4.06. The van der Waals surface area contributed by atoms with Crippen LogP contribution in [-0.4, -0.2) is 29.7 Å². The number of benzene rings is 2. The summed E-state index contributed by atoms with van der Waals surface area (Å²) in [6.45, 7) is -0.396. The van der Waals surface area contributed by atoms with Crippen LogP contribution in [-0.2, 0) is 15.9 Å². The molecule has 1 atom stereocenters. The Labute approximate surface area is 170 Å². The Balaban J connectivity index is 1.60. The fraction of sp³-hybridized carbons (Fsp3) is 0.333. The second kappa shape index (κ2) is 7.09. The summed E-state index contributed by atoms with van der Waals surface area (Å²) in [7, 11) is 0. The molecule has 2 aromatic rings. The topological polar surface area (TPSA) is 61.4 Å². The number of nitrogens with zero attached hydrogens (tertiary/aromatic N) is 1. The Bertz CT molecular complexity index is 958. The summed E-state index contributed by atoms with van der Waals surface area (Å²) >= 11 is 0. The van der Waals surface area contributed by atoms with Crippen molar-refractivity contribution in [2.45, 2.75) is 36.5 Å². The minimum atomic E-state index is -5.03. The maximum absolute atomic E-state index is 14.0. The number of carbonyl (C=O) groups is 2. The van der Waals surface area contributed by atoms with Crippen LogP contribution in [0.15, 0.2) is 54.6 Å². The lowest BCUT2D eigenvalue weighted by Gasteiger charge is -2.44. The minimum Gasteiger partial charge on any atom is -0.312 e. The second-order valence-electron chi connectivity index (χ2n) is 7.55. The third-order valence-electron chi connectivity index (χ3n) is 5.92. The van der Waals surface area contributed by atoms with Gasteiger partial charge in [-0.05, 0) is 42.5 Å². The molecule has 3 amide bonds. The van der Waals surface area contributed by atoms with E-state index in [0.29, 0.717) is 17.7 Å². The first-order valence-electron chi connectivity index (χ1n) is 9.47. The van der Waals surface area contributed by atoms with Gasteiger partial charge >= 0.3 is 12.2 Å². The molecular formula is C21H19F4N3O2.